The van der Waals surface area contributed by atoms with Crippen molar-refractivity contribution in [3.63, 3.8) is 0 Å². The Bertz CT molecular complexity index is 351. The van der Waals surface area contributed by atoms with E-state index in [1.165, 1.54) is 5.56 Å². The smallest absolute Gasteiger partial charge is 0.0710 e. The van der Waals surface area contributed by atoms with Crippen LogP contribution >= 0.6 is 0 Å². The normalized spacial score (nSPS) is 28.7. The van der Waals surface area contributed by atoms with Crippen molar-refractivity contribution in [3.05, 3.63) is 35.9 Å². The van der Waals surface area contributed by atoms with Crippen LogP contribution in [-0.2, 0) is 6.42 Å². The second-order valence-electron chi connectivity index (χ2n) is 5.50. The average molecular weight is 247 g/mol. The van der Waals surface area contributed by atoms with Gasteiger partial charge in [0.25, 0.3) is 0 Å². The van der Waals surface area contributed by atoms with Crippen molar-refractivity contribution >= 4 is 0 Å². The first-order chi connectivity index (χ1) is 8.72. The molecule has 1 aromatic carbocycles. The predicted octanol–water partition coefficient (Wildman–Crippen LogP) is 2.85. The number of nitrogens with zero attached hydrogens (tertiary/aromatic N) is 1. The van der Waals surface area contributed by atoms with Crippen LogP contribution in [-0.4, -0.2) is 35.2 Å². The first-order valence-electron chi connectivity index (χ1n) is 7.16. The van der Waals surface area contributed by atoms with Gasteiger partial charge < -0.3 is 5.11 Å². The Hall–Kier alpha value is -0.860. The number of likely N-dealkylation sites (N-methyl/N-ethyl adjacent to an activating group) is 1. The average Bonchev–Trinajstić information content (AvgIpc) is 2.66. The Kier molecular flexibility index (Phi) is 4.79. The molecule has 2 heteroatoms. The zero-order chi connectivity index (χ0) is 13.0. The van der Waals surface area contributed by atoms with Crippen LogP contribution in [0.2, 0.25) is 0 Å². The molecule has 0 aromatic heterocycles. The van der Waals surface area contributed by atoms with Gasteiger partial charge in [-0.25, -0.2) is 0 Å². The summed E-state index contributed by atoms with van der Waals surface area (Å²) in [5.41, 5.74) is 1.40. The van der Waals surface area contributed by atoms with Crippen LogP contribution in [0.3, 0.4) is 0 Å². The maximum Gasteiger partial charge on any atom is 0.0710 e. The van der Waals surface area contributed by atoms with Crippen LogP contribution < -0.4 is 0 Å². The quantitative estimate of drug-likeness (QED) is 0.865. The van der Waals surface area contributed by atoms with Gasteiger partial charge in [0.2, 0.25) is 0 Å². The van der Waals surface area contributed by atoms with Crippen molar-refractivity contribution in [2.45, 2.75) is 57.2 Å². The summed E-state index contributed by atoms with van der Waals surface area (Å²) < 4.78 is 0. The summed E-state index contributed by atoms with van der Waals surface area (Å²) >= 11 is 0. The summed E-state index contributed by atoms with van der Waals surface area (Å²) in [7, 11) is 2.17. The van der Waals surface area contributed by atoms with Crippen LogP contribution in [0.1, 0.15) is 38.2 Å². The van der Waals surface area contributed by atoms with Gasteiger partial charge in [0.05, 0.1) is 6.10 Å². The highest BCUT2D eigenvalue weighted by Crippen LogP contribution is 2.28. The molecule has 0 saturated carbocycles. The van der Waals surface area contributed by atoms with Gasteiger partial charge in [0.15, 0.2) is 0 Å². The fourth-order valence-corrected chi connectivity index (χ4v) is 3.14. The fourth-order valence-electron chi connectivity index (χ4n) is 3.14. The lowest BCUT2D eigenvalue weighted by Crippen LogP contribution is -2.35. The molecule has 0 amide bonds. The Morgan fingerprint density at radius 2 is 1.94 bits per heavy atom. The van der Waals surface area contributed by atoms with E-state index in [0.29, 0.717) is 12.1 Å². The van der Waals surface area contributed by atoms with Crippen molar-refractivity contribution in [1.29, 1.82) is 0 Å². The van der Waals surface area contributed by atoms with Crippen molar-refractivity contribution in [3.8, 4) is 0 Å². The Balaban J connectivity index is 1.87. The summed E-state index contributed by atoms with van der Waals surface area (Å²) in [5, 5.41) is 10.1. The number of hydrogen-bond acceptors (Lipinski definition) is 2. The van der Waals surface area contributed by atoms with Gasteiger partial charge in [-0.3, -0.25) is 4.90 Å². The lowest BCUT2D eigenvalue weighted by atomic mass is 10.0. The molecular weight excluding hydrogens is 222 g/mol. The van der Waals surface area contributed by atoms with Gasteiger partial charge in [-0.1, -0.05) is 43.7 Å². The van der Waals surface area contributed by atoms with E-state index in [0.717, 1.165) is 32.1 Å². The van der Waals surface area contributed by atoms with E-state index < -0.39 is 0 Å². The molecule has 1 heterocycles. The molecule has 18 heavy (non-hydrogen) atoms. The molecule has 2 nitrogen and oxygen atoms in total. The molecule has 0 spiro atoms. The van der Waals surface area contributed by atoms with Gasteiger partial charge in [-0.15, -0.1) is 0 Å². The number of benzene rings is 1. The number of hydrogen-bond donors (Lipinski definition) is 1. The molecule has 2 rings (SSSR count). The molecule has 1 saturated heterocycles. The van der Waals surface area contributed by atoms with Crippen molar-refractivity contribution in [2.24, 2.45) is 0 Å². The maximum absolute atomic E-state index is 10.1. The monoisotopic (exact) mass is 247 g/mol. The SMILES string of the molecule is CCC[C@H]1[C@@H](O)C[C@@H](CCc2ccccc2)N1C. The molecule has 1 aliphatic rings. The van der Waals surface area contributed by atoms with Gasteiger partial charge in [-0.2, -0.15) is 0 Å². The number of likely N-dealkylation sites (tertiary alicyclic amines) is 1. The number of rotatable bonds is 5. The molecule has 1 aliphatic heterocycles. The lowest BCUT2D eigenvalue weighted by Gasteiger charge is -2.26. The fraction of sp³-hybridized carbons (Fsp3) is 0.625. The maximum atomic E-state index is 10.1. The summed E-state index contributed by atoms with van der Waals surface area (Å²) in [6.07, 6.45) is 5.33. The summed E-state index contributed by atoms with van der Waals surface area (Å²) in [6.45, 7) is 2.19. The minimum atomic E-state index is -0.129. The van der Waals surface area contributed by atoms with Crippen LogP contribution in [0.25, 0.3) is 0 Å². The summed E-state index contributed by atoms with van der Waals surface area (Å²) in [5.74, 6) is 0. The van der Waals surface area contributed by atoms with Crippen molar-refractivity contribution in [2.75, 3.05) is 7.05 Å². The number of aliphatic hydroxyl groups is 1. The Labute approximate surface area is 111 Å². The molecular formula is C16H25NO. The lowest BCUT2D eigenvalue weighted by molar-refractivity contribution is 0.117. The number of aliphatic hydroxyl groups excluding tert-OH is 1. The predicted molar refractivity (Wildman–Crippen MR) is 75.6 cm³/mol. The highest BCUT2D eigenvalue weighted by atomic mass is 16.3. The molecule has 0 unspecified atom stereocenters. The first-order valence-corrected chi connectivity index (χ1v) is 7.16. The van der Waals surface area contributed by atoms with E-state index in [9.17, 15) is 5.11 Å². The van der Waals surface area contributed by atoms with Crippen LogP contribution in [0, 0.1) is 0 Å². The molecule has 0 bridgehead atoms. The van der Waals surface area contributed by atoms with E-state index in [2.05, 4.69) is 49.2 Å². The third-order valence-electron chi connectivity index (χ3n) is 4.25. The zero-order valence-electron chi connectivity index (χ0n) is 11.5. The molecule has 0 aliphatic carbocycles. The second-order valence-corrected chi connectivity index (χ2v) is 5.50. The number of aryl methyl sites for hydroxylation is 1. The van der Waals surface area contributed by atoms with E-state index in [1.807, 2.05) is 0 Å². The molecule has 0 radical (unpaired) electrons. The first kappa shape index (κ1) is 13.6. The van der Waals surface area contributed by atoms with E-state index in [4.69, 9.17) is 0 Å². The Morgan fingerprint density at radius 1 is 1.22 bits per heavy atom. The van der Waals surface area contributed by atoms with Crippen LogP contribution in [0.15, 0.2) is 30.3 Å². The zero-order valence-corrected chi connectivity index (χ0v) is 11.5. The largest absolute Gasteiger partial charge is 0.391 e. The highest BCUT2D eigenvalue weighted by Gasteiger charge is 2.36. The van der Waals surface area contributed by atoms with Gasteiger partial charge in [0, 0.05) is 12.1 Å². The second kappa shape index (κ2) is 6.35. The molecule has 3 atom stereocenters. The van der Waals surface area contributed by atoms with Gasteiger partial charge in [0.1, 0.15) is 0 Å². The van der Waals surface area contributed by atoms with Crippen LogP contribution in [0.4, 0.5) is 0 Å². The van der Waals surface area contributed by atoms with E-state index in [-0.39, 0.29) is 6.10 Å². The molecule has 1 N–H and O–H groups in total. The van der Waals surface area contributed by atoms with E-state index in [1.54, 1.807) is 0 Å². The van der Waals surface area contributed by atoms with Crippen molar-refractivity contribution < 1.29 is 5.11 Å². The minimum Gasteiger partial charge on any atom is -0.391 e. The molecule has 1 aromatic rings. The van der Waals surface area contributed by atoms with E-state index >= 15 is 0 Å². The topological polar surface area (TPSA) is 23.5 Å². The molecule has 100 valence electrons. The standard InChI is InChI=1S/C16H25NO/c1-3-7-15-16(18)12-14(17(15)2)11-10-13-8-5-4-6-9-13/h4-6,8-9,14-16,18H,3,7,10-12H2,1-2H3/t14-,15+,16+/m1/s1. The Morgan fingerprint density at radius 3 is 2.61 bits per heavy atom. The van der Waals surface area contributed by atoms with Gasteiger partial charge in [-0.05, 0) is 38.3 Å². The van der Waals surface area contributed by atoms with Crippen LogP contribution in [0.5, 0.6) is 0 Å². The van der Waals surface area contributed by atoms with Crippen molar-refractivity contribution in [1.82, 2.24) is 4.90 Å². The third kappa shape index (κ3) is 3.12. The highest BCUT2D eigenvalue weighted by molar-refractivity contribution is 5.15. The molecule has 1 fully saturated rings. The summed E-state index contributed by atoms with van der Waals surface area (Å²) in [6, 6.07) is 11.5. The third-order valence-corrected chi connectivity index (χ3v) is 4.25. The minimum absolute atomic E-state index is 0.129. The van der Waals surface area contributed by atoms with Gasteiger partial charge >= 0.3 is 0 Å². The summed E-state index contributed by atoms with van der Waals surface area (Å²) in [4.78, 5) is 2.40.